The van der Waals surface area contributed by atoms with Crippen LogP contribution in [0.4, 0.5) is 0 Å². The van der Waals surface area contributed by atoms with Gasteiger partial charge < -0.3 is 9.84 Å². The number of rotatable bonds is 3. The molecular formula is C5H8O3Si. The van der Waals surface area contributed by atoms with Crippen molar-refractivity contribution < 1.29 is 14.6 Å². The number of ether oxygens (including phenoxy) is 1. The van der Waals surface area contributed by atoms with Gasteiger partial charge in [0.25, 0.3) is 0 Å². The molecule has 50 valence electrons. The molecule has 0 aromatic carbocycles. The van der Waals surface area contributed by atoms with Gasteiger partial charge in [0.15, 0.2) is 0 Å². The Morgan fingerprint density at radius 2 is 2.33 bits per heavy atom. The maximum atomic E-state index is 10.1. The number of hydrogen-bond donors (Lipinski definition) is 1. The lowest BCUT2D eigenvalue weighted by Crippen LogP contribution is -2.04. The Labute approximate surface area is 58.4 Å². The minimum absolute atomic E-state index is 0. The number of hydrogen-bond acceptors (Lipinski definition) is 3. The Bertz CT molecular complexity index is 92.2. The summed E-state index contributed by atoms with van der Waals surface area (Å²) >= 11 is 0. The second-order valence-corrected chi connectivity index (χ2v) is 1.10. The van der Waals surface area contributed by atoms with Crippen molar-refractivity contribution in [2.24, 2.45) is 0 Å². The number of carbonyl (C=O) groups excluding carboxylic acids is 1. The highest BCUT2D eigenvalue weighted by molar-refractivity contribution is 5.81. The summed E-state index contributed by atoms with van der Waals surface area (Å²) in [6.07, 6.45) is 1.05. The lowest BCUT2D eigenvalue weighted by atomic mass is 10.6. The molecular weight excluding hydrogens is 136 g/mol. The van der Waals surface area contributed by atoms with E-state index in [1.165, 1.54) is 0 Å². The summed E-state index contributed by atoms with van der Waals surface area (Å²) < 4.78 is 4.33. The average molecular weight is 144 g/mol. The zero-order chi connectivity index (χ0) is 6.41. The molecule has 0 fully saturated rings. The Morgan fingerprint density at radius 3 is 2.67 bits per heavy atom. The second kappa shape index (κ2) is 7.39. The van der Waals surface area contributed by atoms with Crippen LogP contribution in [-0.4, -0.2) is 35.3 Å². The van der Waals surface area contributed by atoms with Crippen LogP contribution in [0.3, 0.4) is 0 Å². The van der Waals surface area contributed by atoms with Crippen molar-refractivity contribution in [3.63, 3.8) is 0 Å². The van der Waals surface area contributed by atoms with Gasteiger partial charge in [0, 0.05) is 17.0 Å². The number of aliphatic hydroxyl groups is 1. The summed E-state index contributed by atoms with van der Waals surface area (Å²) in [7, 11) is 0. The van der Waals surface area contributed by atoms with Crippen LogP contribution in [-0.2, 0) is 9.53 Å². The molecule has 0 aliphatic rings. The zero-order valence-corrected chi connectivity index (χ0v) is 5.96. The molecule has 0 aliphatic carbocycles. The van der Waals surface area contributed by atoms with Crippen LogP contribution >= 0.6 is 0 Å². The van der Waals surface area contributed by atoms with Gasteiger partial charge in [-0.1, -0.05) is 6.58 Å². The molecule has 4 heteroatoms. The Morgan fingerprint density at radius 1 is 1.78 bits per heavy atom. The predicted molar refractivity (Wildman–Crippen MR) is 34.0 cm³/mol. The van der Waals surface area contributed by atoms with Crippen LogP contribution in [0.2, 0.25) is 0 Å². The highest BCUT2D eigenvalue weighted by atomic mass is 28.1. The van der Waals surface area contributed by atoms with Gasteiger partial charge in [-0.05, 0) is 0 Å². The van der Waals surface area contributed by atoms with E-state index in [0.29, 0.717) is 0 Å². The third kappa shape index (κ3) is 7.39. The molecule has 0 unspecified atom stereocenters. The molecule has 4 radical (unpaired) electrons. The van der Waals surface area contributed by atoms with Crippen molar-refractivity contribution in [1.82, 2.24) is 0 Å². The summed E-state index contributed by atoms with van der Waals surface area (Å²) in [6.45, 7) is 3.06. The fourth-order valence-corrected chi connectivity index (χ4v) is 0.205. The van der Waals surface area contributed by atoms with Gasteiger partial charge in [-0.2, -0.15) is 0 Å². The Balaban J connectivity index is 0. The van der Waals surface area contributed by atoms with Crippen molar-refractivity contribution in [2.45, 2.75) is 0 Å². The first kappa shape index (κ1) is 11.2. The van der Waals surface area contributed by atoms with E-state index in [2.05, 4.69) is 11.3 Å². The molecule has 1 N–H and O–H groups in total. The SMILES string of the molecule is C=CC(=O)OCCO.[Si]. The lowest BCUT2D eigenvalue weighted by molar-refractivity contribution is -0.138. The van der Waals surface area contributed by atoms with E-state index in [4.69, 9.17) is 5.11 Å². The summed E-state index contributed by atoms with van der Waals surface area (Å²) in [5.41, 5.74) is 0. The van der Waals surface area contributed by atoms with Crippen molar-refractivity contribution in [2.75, 3.05) is 13.2 Å². The summed E-state index contributed by atoms with van der Waals surface area (Å²) in [5.74, 6) is -0.501. The van der Waals surface area contributed by atoms with Gasteiger partial charge in [-0.25, -0.2) is 4.79 Å². The molecule has 0 rings (SSSR count). The molecule has 9 heavy (non-hydrogen) atoms. The Hall–Kier alpha value is -0.613. The largest absolute Gasteiger partial charge is 0.460 e. The van der Waals surface area contributed by atoms with Crippen molar-refractivity contribution >= 4 is 16.9 Å². The molecule has 0 saturated heterocycles. The molecule has 0 bridgehead atoms. The van der Waals surface area contributed by atoms with Crippen LogP contribution < -0.4 is 0 Å². The predicted octanol–water partition coefficient (Wildman–Crippen LogP) is -0.673. The van der Waals surface area contributed by atoms with Crippen molar-refractivity contribution in [1.29, 1.82) is 0 Å². The quantitative estimate of drug-likeness (QED) is 0.324. The number of aliphatic hydroxyl groups excluding tert-OH is 1. The second-order valence-electron chi connectivity index (χ2n) is 1.10. The standard InChI is InChI=1S/C5H8O3.Si/c1-2-5(7)8-4-3-6;/h2,6H,1,3-4H2;. The zero-order valence-electron chi connectivity index (χ0n) is 4.96. The van der Waals surface area contributed by atoms with Gasteiger partial charge in [-0.3, -0.25) is 0 Å². The molecule has 0 aliphatic heterocycles. The van der Waals surface area contributed by atoms with E-state index < -0.39 is 5.97 Å². The van der Waals surface area contributed by atoms with Crippen LogP contribution in [0.1, 0.15) is 0 Å². The van der Waals surface area contributed by atoms with Crippen LogP contribution in [0, 0.1) is 0 Å². The number of carbonyl (C=O) groups is 1. The van der Waals surface area contributed by atoms with E-state index in [0.717, 1.165) is 6.08 Å². The first-order valence-electron chi connectivity index (χ1n) is 2.21. The van der Waals surface area contributed by atoms with E-state index in [9.17, 15) is 4.79 Å². The maximum Gasteiger partial charge on any atom is 0.330 e. The third-order valence-electron chi connectivity index (χ3n) is 0.502. The molecule has 0 heterocycles. The highest BCUT2D eigenvalue weighted by Gasteiger charge is 1.90. The smallest absolute Gasteiger partial charge is 0.330 e. The van der Waals surface area contributed by atoms with Crippen LogP contribution in [0.15, 0.2) is 12.7 Å². The first-order chi connectivity index (χ1) is 3.81. The van der Waals surface area contributed by atoms with Crippen molar-refractivity contribution in [3.05, 3.63) is 12.7 Å². The minimum Gasteiger partial charge on any atom is -0.460 e. The third-order valence-corrected chi connectivity index (χ3v) is 0.502. The summed E-state index contributed by atoms with van der Waals surface area (Å²) in [4.78, 5) is 10.1. The summed E-state index contributed by atoms with van der Waals surface area (Å²) in [5, 5.41) is 8.10. The topological polar surface area (TPSA) is 46.5 Å². The average Bonchev–Trinajstić information content (AvgIpc) is 1.83. The van der Waals surface area contributed by atoms with E-state index in [1.54, 1.807) is 0 Å². The van der Waals surface area contributed by atoms with Gasteiger partial charge >= 0.3 is 5.97 Å². The molecule has 0 aromatic rings. The fourth-order valence-electron chi connectivity index (χ4n) is 0.205. The monoisotopic (exact) mass is 144 g/mol. The normalized spacial score (nSPS) is 7.22. The highest BCUT2D eigenvalue weighted by Crippen LogP contribution is 1.75. The van der Waals surface area contributed by atoms with Gasteiger partial charge in [0.05, 0.1) is 6.61 Å². The Kier molecular flexibility index (Phi) is 9.21. The van der Waals surface area contributed by atoms with Gasteiger partial charge in [-0.15, -0.1) is 0 Å². The molecule has 0 spiro atoms. The van der Waals surface area contributed by atoms with Crippen molar-refractivity contribution in [3.8, 4) is 0 Å². The maximum absolute atomic E-state index is 10.1. The molecule has 0 amide bonds. The minimum atomic E-state index is -0.501. The summed E-state index contributed by atoms with van der Waals surface area (Å²) in [6, 6.07) is 0. The van der Waals surface area contributed by atoms with E-state index in [1.807, 2.05) is 0 Å². The molecule has 0 aromatic heterocycles. The molecule has 0 saturated carbocycles. The van der Waals surface area contributed by atoms with Crippen LogP contribution in [0.5, 0.6) is 0 Å². The van der Waals surface area contributed by atoms with E-state index >= 15 is 0 Å². The van der Waals surface area contributed by atoms with Gasteiger partial charge in [0.2, 0.25) is 0 Å². The van der Waals surface area contributed by atoms with E-state index in [-0.39, 0.29) is 24.2 Å². The molecule has 3 nitrogen and oxygen atoms in total. The van der Waals surface area contributed by atoms with Crippen LogP contribution in [0.25, 0.3) is 0 Å². The lowest BCUT2D eigenvalue weighted by Gasteiger charge is -1.94. The first-order valence-corrected chi connectivity index (χ1v) is 2.21. The fraction of sp³-hybridized carbons (Fsp3) is 0.400. The molecule has 0 atom stereocenters. The number of esters is 1. The van der Waals surface area contributed by atoms with Gasteiger partial charge in [0.1, 0.15) is 6.61 Å².